The molecule has 0 aliphatic rings. The third-order valence-electron chi connectivity index (χ3n) is 3.24. The number of halogens is 4. The highest BCUT2D eigenvalue weighted by Gasteiger charge is 2.34. The zero-order chi connectivity index (χ0) is 18.6. The van der Waals surface area contributed by atoms with Gasteiger partial charge in [0.1, 0.15) is 5.75 Å². The summed E-state index contributed by atoms with van der Waals surface area (Å²) in [6.07, 6.45) is -4.61. The van der Waals surface area contributed by atoms with Crippen molar-refractivity contribution >= 4 is 23.2 Å². The fraction of sp³-hybridized carbons (Fsp3) is 0.278. The summed E-state index contributed by atoms with van der Waals surface area (Å²) >= 11 is 6.09. The van der Waals surface area contributed by atoms with Crippen LogP contribution in [0.5, 0.6) is 5.75 Å². The van der Waals surface area contributed by atoms with E-state index in [0.29, 0.717) is 18.3 Å². The molecule has 0 saturated heterocycles. The van der Waals surface area contributed by atoms with E-state index in [-0.39, 0.29) is 10.7 Å². The number of anilines is 1. The first-order valence-corrected chi connectivity index (χ1v) is 7.96. The molecule has 0 bridgehead atoms. The van der Waals surface area contributed by atoms with E-state index in [1.54, 1.807) is 6.07 Å². The maximum absolute atomic E-state index is 13.0. The lowest BCUT2D eigenvalue weighted by molar-refractivity contribution is -0.137. The summed E-state index contributed by atoms with van der Waals surface area (Å²) in [5.41, 5.74) is -1.16. The molecule has 0 heterocycles. The lowest BCUT2D eigenvalue weighted by atomic mass is 10.1. The van der Waals surface area contributed by atoms with Gasteiger partial charge in [-0.3, -0.25) is 4.79 Å². The monoisotopic (exact) mass is 371 g/mol. The second-order valence-electron chi connectivity index (χ2n) is 5.85. The fourth-order valence-corrected chi connectivity index (χ4v) is 2.31. The predicted octanol–water partition coefficient (Wildman–Crippen LogP) is 5.65. The van der Waals surface area contributed by atoms with E-state index in [9.17, 15) is 18.0 Å². The van der Waals surface area contributed by atoms with Crippen LogP contribution in [0.3, 0.4) is 0 Å². The number of nitrogens with one attached hydrogen (secondary N) is 1. The predicted molar refractivity (Wildman–Crippen MR) is 91.2 cm³/mol. The molecule has 2 aromatic rings. The Labute approximate surface area is 148 Å². The minimum absolute atomic E-state index is 0.266. The largest absolute Gasteiger partial charge is 0.492 e. The van der Waals surface area contributed by atoms with Crippen LogP contribution in [0.1, 0.15) is 29.8 Å². The van der Waals surface area contributed by atoms with Gasteiger partial charge in [0.15, 0.2) is 0 Å². The molecule has 0 aromatic heterocycles. The Morgan fingerprint density at radius 1 is 1.20 bits per heavy atom. The van der Waals surface area contributed by atoms with Gasteiger partial charge in [-0.25, -0.2) is 0 Å². The number of carbonyl (C=O) groups is 1. The highest BCUT2D eigenvalue weighted by Crippen LogP contribution is 2.33. The van der Waals surface area contributed by atoms with Gasteiger partial charge in [-0.05, 0) is 36.2 Å². The van der Waals surface area contributed by atoms with Crippen LogP contribution >= 0.6 is 11.6 Å². The number of rotatable bonds is 5. The number of benzene rings is 2. The second-order valence-corrected chi connectivity index (χ2v) is 6.25. The molecule has 2 aromatic carbocycles. The van der Waals surface area contributed by atoms with E-state index >= 15 is 0 Å². The van der Waals surface area contributed by atoms with Crippen LogP contribution in [0.4, 0.5) is 18.9 Å². The maximum Gasteiger partial charge on any atom is 0.417 e. The summed E-state index contributed by atoms with van der Waals surface area (Å²) in [5.74, 6) is -0.0989. The first-order valence-electron chi connectivity index (χ1n) is 7.58. The number of hydrogen-bond donors (Lipinski definition) is 1. The van der Waals surface area contributed by atoms with Crippen molar-refractivity contribution in [1.29, 1.82) is 0 Å². The van der Waals surface area contributed by atoms with Crippen molar-refractivity contribution in [1.82, 2.24) is 0 Å². The van der Waals surface area contributed by atoms with Crippen molar-refractivity contribution in [3.63, 3.8) is 0 Å². The highest BCUT2D eigenvalue weighted by atomic mass is 35.5. The van der Waals surface area contributed by atoms with Crippen molar-refractivity contribution in [3.05, 3.63) is 58.6 Å². The van der Waals surface area contributed by atoms with Gasteiger partial charge in [-0.15, -0.1) is 0 Å². The van der Waals surface area contributed by atoms with E-state index in [2.05, 4.69) is 5.32 Å². The molecule has 0 fully saturated rings. The summed E-state index contributed by atoms with van der Waals surface area (Å²) < 4.78 is 44.5. The van der Waals surface area contributed by atoms with Crippen LogP contribution in [-0.4, -0.2) is 12.5 Å². The molecule has 0 aliphatic carbocycles. The Kier molecular flexibility index (Phi) is 5.95. The van der Waals surface area contributed by atoms with Gasteiger partial charge in [-0.1, -0.05) is 37.6 Å². The van der Waals surface area contributed by atoms with Crippen molar-refractivity contribution in [2.24, 2.45) is 5.92 Å². The summed E-state index contributed by atoms with van der Waals surface area (Å²) in [6.45, 7) is 4.45. The fourth-order valence-electron chi connectivity index (χ4n) is 2.08. The Hall–Kier alpha value is -2.21. The topological polar surface area (TPSA) is 38.3 Å². The first kappa shape index (κ1) is 19.1. The van der Waals surface area contributed by atoms with Crippen LogP contribution in [-0.2, 0) is 6.18 Å². The minimum atomic E-state index is -4.61. The minimum Gasteiger partial charge on any atom is -0.492 e. The molecule has 0 spiro atoms. The van der Waals surface area contributed by atoms with E-state index in [1.807, 2.05) is 13.8 Å². The lowest BCUT2D eigenvalue weighted by Crippen LogP contribution is -2.18. The average molecular weight is 372 g/mol. The maximum atomic E-state index is 13.0. The molecule has 25 heavy (non-hydrogen) atoms. The number of ether oxygens (including phenoxy) is 1. The number of amides is 1. The average Bonchev–Trinajstić information content (AvgIpc) is 2.53. The second kappa shape index (κ2) is 7.78. The van der Waals surface area contributed by atoms with Gasteiger partial charge in [0.05, 0.1) is 22.8 Å². The van der Waals surface area contributed by atoms with Crippen LogP contribution in [0.25, 0.3) is 0 Å². The molecule has 1 N–H and O–H groups in total. The molecule has 0 saturated carbocycles. The van der Waals surface area contributed by atoms with E-state index in [1.165, 1.54) is 24.3 Å². The molecule has 0 unspecified atom stereocenters. The SMILES string of the molecule is CC(C)COc1ccc(NC(=O)c2ccccc2C(F)(F)F)cc1Cl. The number of alkyl halides is 3. The summed E-state index contributed by atoms with van der Waals surface area (Å²) in [7, 11) is 0. The first-order chi connectivity index (χ1) is 11.7. The Morgan fingerprint density at radius 3 is 2.48 bits per heavy atom. The van der Waals surface area contributed by atoms with E-state index in [4.69, 9.17) is 16.3 Å². The Morgan fingerprint density at radius 2 is 1.88 bits per heavy atom. The molecule has 3 nitrogen and oxygen atoms in total. The van der Waals surface area contributed by atoms with Crippen molar-refractivity contribution in [2.45, 2.75) is 20.0 Å². The van der Waals surface area contributed by atoms with Crippen LogP contribution in [0, 0.1) is 5.92 Å². The molecule has 0 aliphatic heterocycles. The summed E-state index contributed by atoms with van der Waals surface area (Å²) in [4.78, 5) is 12.2. The molecular formula is C18H17ClF3NO2. The highest BCUT2D eigenvalue weighted by molar-refractivity contribution is 6.32. The molecule has 2 rings (SSSR count). The van der Waals surface area contributed by atoms with Gasteiger partial charge < -0.3 is 10.1 Å². The molecular weight excluding hydrogens is 355 g/mol. The molecule has 1 amide bonds. The summed E-state index contributed by atoms with van der Waals surface area (Å²) in [6, 6.07) is 9.12. The van der Waals surface area contributed by atoms with Gasteiger partial charge in [0, 0.05) is 5.69 Å². The van der Waals surface area contributed by atoms with Crippen LogP contribution in [0.2, 0.25) is 5.02 Å². The zero-order valence-electron chi connectivity index (χ0n) is 13.7. The number of carbonyl (C=O) groups excluding carboxylic acids is 1. The Balaban J connectivity index is 2.18. The summed E-state index contributed by atoms with van der Waals surface area (Å²) in [5, 5.41) is 2.69. The molecule has 7 heteroatoms. The molecule has 0 atom stereocenters. The lowest BCUT2D eigenvalue weighted by Gasteiger charge is -2.14. The standard InChI is InChI=1S/C18H17ClF3NO2/c1-11(2)10-25-16-8-7-12(9-15(16)19)23-17(24)13-5-3-4-6-14(13)18(20,21)22/h3-9,11H,10H2,1-2H3,(H,23,24). The van der Waals surface area contributed by atoms with Crippen LogP contribution < -0.4 is 10.1 Å². The zero-order valence-corrected chi connectivity index (χ0v) is 14.4. The van der Waals surface area contributed by atoms with Crippen molar-refractivity contribution < 1.29 is 22.7 Å². The van der Waals surface area contributed by atoms with Gasteiger partial charge >= 0.3 is 6.18 Å². The third-order valence-corrected chi connectivity index (χ3v) is 3.53. The van der Waals surface area contributed by atoms with Gasteiger partial charge in [0.25, 0.3) is 5.91 Å². The van der Waals surface area contributed by atoms with Crippen molar-refractivity contribution in [2.75, 3.05) is 11.9 Å². The third kappa shape index (κ3) is 5.13. The van der Waals surface area contributed by atoms with Crippen molar-refractivity contribution in [3.8, 4) is 5.75 Å². The smallest absolute Gasteiger partial charge is 0.417 e. The van der Waals surface area contributed by atoms with E-state index < -0.39 is 23.2 Å². The quantitative estimate of drug-likeness (QED) is 0.738. The number of hydrogen-bond acceptors (Lipinski definition) is 2. The normalized spacial score (nSPS) is 11.5. The van der Waals surface area contributed by atoms with Crippen LogP contribution in [0.15, 0.2) is 42.5 Å². The Bertz CT molecular complexity index is 760. The van der Waals surface area contributed by atoms with E-state index in [0.717, 1.165) is 12.1 Å². The molecule has 134 valence electrons. The van der Waals surface area contributed by atoms with Gasteiger partial charge in [0.2, 0.25) is 0 Å². The molecule has 0 radical (unpaired) electrons. The van der Waals surface area contributed by atoms with Gasteiger partial charge in [-0.2, -0.15) is 13.2 Å².